The molecule has 0 bridgehead atoms. The molecule has 2 aromatic heterocycles. The number of rotatable bonds is 6. The lowest BCUT2D eigenvalue weighted by Gasteiger charge is -2.13. The molecule has 0 aliphatic rings. The van der Waals surface area contributed by atoms with Gasteiger partial charge in [0.15, 0.2) is 11.0 Å². The van der Waals surface area contributed by atoms with Crippen molar-refractivity contribution in [1.82, 2.24) is 14.8 Å². The third kappa shape index (κ3) is 4.23. The number of hydrogen-bond donors (Lipinski definition) is 1. The molecular formula is C17H16Cl2N4OS2. The van der Waals surface area contributed by atoms with Crippen molar-refractivity contribution in [2.75, 3.05) is 5.32 Å². The highest BCUT2D eigenvalue weighted by Gasteiger charge is 2.21. The van der Waals surface area contributed by atoms with Crippen molar-refractivity contribution in [3.63, 3.8) is 0 Å². The van der Waals surface area contributed by atoms with Crippen LogP contribution in [0.15, 0.2) is 40.9 Å². The van der Waals surface area contributed by atoms with Crippen LogP contribution in [0.4, 0.5) is 5.69 Å². The molecule has 3 rings (SSSR count). The standard InChI is InChI=1S/C17H16Cl2N4OS2/c1-3-23-15(14-5-4-8-25-14)21-22-17(23)26-10(2)16(24)20-13-7-6-11(18)9-12(13)19/h4-10H,3H2,1-2H3,(H,20,24). The van der Waals surface area contributed by atoms with Gasteiger partial charge in [0.2, 0.25) is 5.91 Å². The quantitative estimate of drug-likeness (QED) is 0.532. The van der Waals surface area contributed by atoms with Gasteiger partial charge in [-0.1, -0.05) is 41.0 Å². The fourth-order valence-electron chi connectivity index (χ4n) is 2.29. The van der Waals surface area contributed by atoms with E-state index in [1.807, 2.05) is 35.9 Å². The Hall–Kier alpha value is -1.54. The smallest absolute Gasteiger partial charge is 0.237 e. The van der Waals surface area contributed by atoms with E-state index in [0.29, 0.717) is 20.9 Å². The van der Waals surface area contributed by atoms with Crippen LogP contribution in [-0.2, 0) is 11.3 Å². The second-order valence-corrected chi connectivity index (χ2v) is 8.50. The van der Waals surface area contributed by atoms with Crippen LogP contribution in [0.2, 0.25) is 10.0 Å². The highest BCUT2D eigenvalue weighted by Crippen LogP contribution is 2.30. The average Bonchev–Trinajstić information content (AvgIpc) is 3.26. The monoisotopic (exact) mass is 426 g/mol. The molecule has 0 saturated carbocycles. The maximum atomic E-state index is 12.5. The zero-order valence-electron chi connectivity index (χ0n) is 14.1. The number of anilines is 1. The molecule has 2 heterocycles. The molecule has 0 saturated heterocycles. The molecular weight excluding hydrogens is 411 g/mol. The number of carbonyl (C=O) groups is 1. The van der Waals surface area contributed by atoms with E-state index >= 15 is 0 Å². The Morgan fingerprint density at radius 3 is 2.81 bits per heavy atom. The van der Waals surface area contributed by atoms with Crippen LogP contribution in [0, 0.1) is 0 Å². The molecule has 0 fully saturated rings. The van der Waals surface area contributed by atoms with E-state index in [9.17, 15) is 4.79 Å². The summed E-state index contributed by atoms with van der Waals surface area (Å²) in [5, 5.41) is 14.6. The summed E-state index contributed by atoms with van der Waals surface area (Å²) in [7, 11) is 0. The van der Waals surface area contributed by atoms with Crippen LogP contribution in [0.5, 0.6) is 0 Å². The van der Waals surface area contributed by atoms with Gasteiger partial charge in [-0.05, 0) is 43.5 Å². The normalized spacial score (nSPS) is 12.2. The van der Waals surface area contributed by atoms with Crippen molar-refractivity contribution in [2.45, 2.75) is 30.8 Å². The Balaban J connectivity index is 1.73. The number of benzene rings is 1. The van der Waals surface area contributed by atoms with Crippen LogP contribution in [0.25, 0.3) is 10.7 Å². The van der Waals surface area contributed by atoms with E-state index in [4.69, 9.17) is 23.2 Å². The molecule has 1 atom stereocenters. The SMILES string of the molecule is CCn1c(SC(C)C(=O)Nc2ccc(Cl)cc2Cl)nnc1-c1cccs1. The first-order valence-corrected chi connectivity index (χ1v) is 10.4. The van der Waals surface area contributed by atoms with Crippen molar-refractivity contribution in [2.24, 2.45) is 0 Å². The van der Waals surface area contributed by atoms with Crippen molar-refractivity contribution in [3.05, 3.63) is 45.8 Å². The van der Waals surface area contributed by atoms with Crippen LogP contribution in [0.1, 0.15) is 13.8 Å². The van der Waals surface area contributed by atoms with E-state index < -0.39 is 0 Å². The fraction of sp³-hybridized carbons (Fsp3) is 0.235. The zero-order chi connectivity index (χ0) is 18.7. The fourth-order valence-corrected chi connectivity index (χ4v) is 4.37. The molecule has 3 aromatic rings. The summed E-state index contributed by atoms with van der Waals surface area (Å²) in [5.74, 6) is 0.654. The van der Waals surface area contributed by atoms with Gasteiger partial charge in [-0.25, -0.2) is 0 Å². The topological polar surface area (TPSA) is 59.8 Å². The Kier molecular flexibility index (Phi) is 6.24. The highest BCUT2D eigenvalue weighted by molar-refractivity contribution is 8.00. The van der Waals surface area contributed by atoms with Gasteiger partial charge in [-0.15, -0.1) is 21.5 Å². The Bertz CT molecular complexity index is 912. The van der Waals surface area contributed by atoms with Gasteiger partial charge in [-0.3, -0.25) is 4.79 Å². The van der Waals surface area contributed by atoms with Crippen molar-refractivity contribution in [3.8, 4) is 10.7 Å². The lowest BCUT2D eigenvalue weighted by atomic mass is 10.3. The van der Waals surface area contributed by atoms with Gasteiger partial charge in [-0.2, -0.15) is 0 Å². The minimum Gasteiger partial charge on any atom is -0.324 e. The molecule has 0 radical (unpaired) electrons. The van der Waals surface area contributed by atoms with E-state index in [1.165, 1.54) is 11.8 Å². The number of thioether (sulfide) groups is 1. The van der Waals surface area contributed by atoms with Gasteiger partial charge in [0, 0.05) is 11.6 Å². The maximum absolute atomic E-state index is 12.5. The summed E-state index contributed by atoms with van der Waals surface area (Å²) in [5.41, 5.74) is 0.532. The Morgan fingerprint density at radius 1 is 1.35 bits per heavy atom. The third-order valence-corrected chi connectivity index (χ3v) is 6.11. The lowest BCUT2D eigenvalue weighted by molar-refractivity contribution is -0.115. The second kappa shape index (κ2) is 8.43. The number of carbonyl (C=O) groups excluding carboxylic acids is 1. The number of amides is 1. The summed E-state index contributed by atoms with van der Waals surface area (Å²) in [6.07, 6.45) is 0. The van der Waals surface area contributed by atoms with Crippen LogP contribution in [-0.4, -0.2) is 25.9 Å². The Labute approximate surface area is 169 Å². The molecule has 1 N–H and O–H groups in total. The Morgan fingerprint density at radius 2 is 2.15 bits per heavy atom. The van der Waals surface area contributed by atoms with Gasteiger partial charge in [0.1, 0.15) is 0 Å². The molecule has 136 valence electrons. The molecule has 5 nitrogen and oxygen atoms in total. The van der Waals surface area contributed by atoms with E-state index in [1.54, 1.807) is 29.5 Å². The van der Waals surface area contributed by atoms with E-state index in [0.717, 1.165) is 17.2 Å². The van der Waals surface area contributed by atoms with Crippen LogP contribution < -0.4 is 5.32 Å². The maximum Gasteiger partial charge on any atom is 0.237 e. The molecule has 0 aliphatic heterocycles. The van der Waals surface area contributed by atoms with Gasteiger partial charge in [0.05, 0.1) is 20.8 Å². The third-order valence-electron chi connectivity index (χ3n) is 3.62. The van der Waals surface area contributed by atoms with E-state index in [2.05, 4.69) is 15.5 Å². The van der Waals surface area contributed by atoms with Crippen molar-refractivity contribution in [1.29, 1.82) is 0 Å². The average molecular weight is 427 g/mol. The number of aromatic nitrogens is 3. The minimum atomic E-state index is -0.368. The molecule has 26 heavy (non-hydrogen) atoms. The van der Waals surface area contributed by atoms with Crippen molar-refractivity contribution < 1.29 is 4.79 Å². The van der Waals surface area contributed by atoms with Crippen LogP contribution >= 0.6 is 46.3 Å². The molecule has 1 aromatic carbocycles. The van der Waals surface area contributed by atoms with Crippen molar-refractivity contribution >= 4 is 57.9 Å². The number of hydrogen-bond acceptors (Lipinski definition) is 5. The number of halogens is 2. The molecule has 9 heteroatoms. The minimum absolute atomic E-state index is 0.164. The van der Waals surface area contributed by atoms with Gasteiger partial charge in [0.25, 0.3) is 0 Å². The van der Waals surface area contributed by atoms with E-state index in [-0.39, 0.29) is 11.2 Å². The zero-order valence-corrected chi connectivity index (χ0v) is 17.2. The summed E-state index contributed by atoms with van der Waals surface area (Å²) in [6.45, 7) is 4.58. The first-order valence-electron chi connectivity index (χ1n) is 7.89. The summed E-state index contributed by atoms with van der Waals surface area (Å²) in [6, 6.07) is 8.95. The van der Waals surface area contributed by atoms with Crippen LogP contribution in [0.3, 0.4) is 0 Å². The largest absolute Gasteiger partial charge is 0.324 e. The summed E-state index contributed by atoms with van der Waals surface area (Å²) in [4.78, 5) is 13.6. The van der Waals surface area contributed by atoms with Gasteiger partial charge < -0.3 is 9.88 Å². The molecule has 0 aliphatic carbocycles. The predicted octanol–water partition coefficient (Wildman–Crippen LogP) is 5.45. The molecule has 1 amide bonds. The van der Waals surface area contributed by atoms with Gasteiger partial charge >= 0.3 is 0 Å². The molecule has 1 unspecified atom stereocenters. The lowest BCUT2D eigenvalue weighted by Crippen LogP contribution is -2.23. The predicted molar refractivity (Wildman–Crippen MR) is 109 cm³/mol. The number of thiophene rings is 1. The summed E-state index contributed by atoms with van der Waals surface area (Å²) < 4.78 is 2.01. The number of nitrogens with zero attached hydrogens (tertiary/aromatic N) is 3. The second-order valence-electron chi connectivity index (χ2n) is 5.40. The first kappa shape index (κ1) is 19.2. The molecule has 0 spiro atoms. The highest BCUT2D eigenvalue weighted by atomic mass is 35.5. The first-order chi connectivity index (χ1) is 12.5. The number of nitrogens with one attached hydrogen (secondary N) is 1. The summed E-state index contributed by atoms with van der Waals surface area (Å²) >= 11 is 15.0.